The maximum absolute atomic E-state index is 12.1. The number of hydrogen-bond acceptors (Lipinski definition) is 3. The van der Waals surface area contributed by atoms with Crippen LogP contribution < -0.4 is 5.73 Å². The Hall–Kier alpha value is -0.610. The molecule has 1 rings (SSSR count). The van der Waals surface area contributed by atoms with Crippen LogP contribution in [0.1, 0.15) is 51.9 Å². The lowest BCUT2D eigenvalue weighted by Gasteiger charge is -2.24. The first-order chi connectivity index (χ1) is 8.72. The molecule has 1 aliphatic rings. The molecule has 2 unspecified atom stereocenters. The SMILES string of the molecule is CCCC(CCN)CCC(=O)N1CCCC1CO. The number of nitrogens with two attached hydrogens (primary N) is 1. The molecule has 1 saturated heterocycles. The molecule has 1 aliphatic heterocycles. The highest BCUT2D eigenvalue weighted by atomic mass is 16.3. The zero-order chi connectivity index (χ0) is 13.4. The van der Waals surface area contributed by atoms with Crippen molar-refractivity contribution in [2.45, 2.75) is 57.9 Å². The fourth-order valence-corrected chi connectivity index (χ4v) is 2.90. The summed E-state index contributed by atoms with van der Waals surface area (Å²) in [7, 11) is 0. The van der Waals surface area contributed by atoms with Gasteiger partial charge in [0.05, 0.1) is 12.6 Å². The zero-order valence-electron chi connectivity index (χ0n) is 11.6. The fourth-order valence-electron chi connectivity index (χ4n) is 2.90. The summed E-state index contributed by atoms with van der Waals surface area (Å²) in [5.41, 5.74) is 5.60. The number of hydrogen-bond donors (Lipinski definition) is 2. The number of amides is 1. The lowest BCUT2D eigenvalue weighted by atomic mass is 9.94. The van der Waals surface area contributed by atoms with Crippen LogP contribution in [0.25, 0.3) is 0 Å². The molecular weight excluding hydrogens is 228 g/mol. The molecule has 4 nitrogen and oxygen atoms in total. The van der Waals surface area contributed by atoms with Crippen LogP contribution in [0.2, 0.25) is 0 Å². The summed E-state index contributed by atoms with van der Waals surface area (Å²) >= 11 is 0. The van der Waals surface area contributed by atoms with E-state index in [2.05, 4.69) is 6.92 Å². The topological polar surface area (TPSA) is 66.6 Å². The molecule has 0 aliphatic carbocycles. The van der Waals surface area contributed by atoms with Crippen molar-refractivity contribution in [3.05, 3.63) is 0 Å². The van der Waals surface area contributed by atoms with Crippen molar-refractivity contribution in [2.24, 2.45) is 11.7 Å². The van der Waals surface area contributed by atoms with Crippen LogP contribution in [0, 0.1) is 5.92 Å². The monoisotopic (exact) mass is 256 g/mol. The minimum absolute atomic E-state index is 0.0663. The van der Waals surface area contributed by atoms with Crippen molar-refractivity contribution in [1.29, 1.82) is 0 Å². The normalized spacial score (nSPS) is 21.3. The predicted octanol–water partition coefficient (Wildman–Crippen LogP) is 1.51. The molecule has 0 saturated carbocycles. The summed E-state index contributed by atoms with van der Waals surface area (Å²) in [6.07, 6.45) is 6.86. The van der Waals surface area contributed by atoms with E-state index >= 15 is 0 Å². The van der Waals surface area contributed by atoms with E-state index in [1.165, 1.54) is 0 Å². The molecule has 2 atom stereocenters. The second-order valence-corrected chi connectivity index (χ2v) is 5.34. The van der Waals surface area contributed by atoms with Crippen molar-refractivity contribution in [2.75, 3.05) is 19.7 Å². The van der Waals surface area contributed by atoms with Gasteiger partial charge in [0.25, 0.3) is 0 Å². The number of carbonyl (C=O) groups excluding carboxylic acids is 1. The highest BCUT2D eigenvalue weighted by molar-refractivity contribution is 5.76. The Morgan fingerprint density at radius 1 is 1.44 bits per heavy atom. The van der Waals surface area contributed by atoms with Gasteiger partial charge in [-0.15, -0.1) is 0 Å². The van der Waals surface area contributed by atoms with Crippen molar-refractivity contribution in [3.63, 3.8) is 0 Å². The minimum Gasteiger partial charge on any atom is -0.394 e. The Balaban J connectivity index is 2.34. The number of carbonyl (C=O) groups is 1. The summed E-state index contributed by atoms with van der Waals surface area (Å²) < 4.78 is 0. The molecule has 0 aromatic rings. The second kappa shape index (κ2) is 8.48. The van der Waals surface area contributed by atoms with Crippen molar-refractivity contribution >= 4 is 5.91 Å². The fraction of sp³-hybridized carbons (Fsp3) is 0.929. The molecule has 106 valence electrons. The Bertz CT molecular complexity index is 240. The van der Waals surface area contributed by atoms with Gasteiger partial charge in [-0.05, 0) is 38.1 Å². The van der Waals surface area contributed by atoms with Gasteiger partial charge in [-0.2, -0.15) is 0 Å². The Labute approximate surface area is 111 Å². The lowest BCUT2D eigenvalue weighted by Crippen LogP contribution is -2.37. The lowest BCUT2D eigenvalue weighted by molar-refractivity contribution is -0.133. The molecule has 0 aromatic carbocycles. The Morgan fingerprint density at radius 2 is 2.22 bits per heavy atom. The second-order valence-electron chi connectivity index (χ2n) is 5.34. The molecule has 18 heavy (non-hydrogen) atoms. The molecule has 1 fully saturated rings. The van der Waals surface area contributed by atoms with Crippen LogP contribution in [0.5, 0.6) is 0 Å². The van der Waals surface area contributed by atoms with Crippen LogP contribution in [-0.4, -0.2) is 41.7 Å². The molecule has 0 spiro atoms. The van der Waals surface area contributed by atoms with E-state index < -0.39 is 0 Å². The largest absolute Gasteiger partial charge is 0.394 e. The van der Waals surface area contributed by atoms with Gasteiger partial charge in [0.1, 0.15) is 0 Å². The molecule has 0 aromatic heterocycles. The smallest absolute Gasteiger partial charge is 0.222 e. The number of aliphatic hydroxyl groups is 1. The molecular formula is C14H28N2O2. The van der Waals surface area contributed by atoms with Crippen molar-refractivity contribution in [1.82, 2.24) is 4.90 Å². The number of rotatable bonds is 8. The third-order valence-electron chi connectivity index (χ3n) is 3.95. The highest BCUT2D eigenvalue weighted by Crippen LogP contribution is 2.21. The summed E-state index contributed by atoms with van der Waals surface area (Å²) in [4.78, 5) is 14.0. The number of nitrogens with zero attached hydrogens (tertiary/aromatic N) is 1. The van der Waals surface area contributed by atoms with Gasteiger partial charge in [-0.3, -0.25) is 4.79 Å². The van der Waals surface area contributed by atoms with E-state index in [0.29, 0.717) is 18.9 Å². The molecule has 1 amide bonds. The predicted molar refractivity (Wildman–Crippen MR) is 73.1 cm³/mol. The first-order valence-electron chi connectivity index (χ1n) is 7.33. The molecule has 0 radical (unpaired) electrons. The summed E-state index contributed by atoms with van der Waals surface area (Å²) in [6, 6.07) is 0.0663. The van der Waals surface area contributed by atoms with Crippen LogP contribution >= 0.6 is 0 Å². The quantitative estimate of drug-likeness (QED) is 0.692. The van der Waals surface area contributed by atoms with E-state index in [9.17, 15) is 9.90 Å². The maximum Gasteiger partial charge on any atom is 0.222 e. The third-order valence-corrected chi connectivity index (χ3v) is 3.95. The number of likely N-dealkylation sites (tertiary alicyclic amines) is 1. The van der Waals surface area contributed by atoms with Gasteiger partial charge >= 0.3 is 0 Å². The van der Waals surface area contributed by atoms with E-state index in [1.54, 1.807) is 0 Å². The highest BCUT2D eigenvalue weighted by Gasteiger charge is 2.27. The van der Waals surface area contributed by atoms with Crippen molar-refractivity contribution in [3.8, 4) is 0 Å². The van der Waals surface area contributed by atoms with Gasteiger partial charge in [0.2, 0.25) is 5.91 Å². The summed E-state index contributed by atoms with van der Waals surface area (Å²) in [6.45, 7) is 3.81. The van der Waals surface area contributed by atoms with Gasteiger partial charge in [0, 0.05) is 13.0 Å². The standard InChI is InChI=1S/C14H28N2O2/c1-2-4-12(8-9-15)6-7-14(18)16-10-3-5-13(16)11-17/h12-13,17H,2-11,15H2,1H3. The van der Waals surface area contributed by atoms with E-state index in [0.717, 1.165) is 45.1 Å². The first kappa shape index (κ1) is 15.4. The number of aliphatic hydroxyl groups excluding tert-OH is 1. The van der Waals surface area contributed by atoms with E-state index in [-0.39, 0.29) is 18.6 Å². The Kier molecular flexibility index (Phi) is 7.28. The molecule has 4 heteroatoms. The minimum atomic E-state index is 0.0663. The van der Waals surface area contributed by atoms with Gasteiger partial charge < -0.3 is 15.7 Å². The molecule has 1 heterocycles. The van der Waals surface area contributed by atoms with Crippen LogP contribution in [-0.2, 0) is 4.79 Å². The molecule has 3 N–H and O–H groups in total. The first-order valence-corrected chi connectivity index (χ1v) is 7.33. The van der Waals surface area contributed by atoms with Crippen LogP contribution in [0.15, 0.2) is 0 Å². The zero-order valence-corrected chi connectivity index (χ0v) is 11.6. The van der Waals surface area contributed by atoms with Gasteiger partial charge in [0.15, 0.2) is 0 Å². The van der Waals surface area contributed by atoms with Crippen molar-refractivity contribution < 1.29 is 9.90 Å². The Morgan fingerprint density at radius 3 is 2.83 bits per heavy atom. The molecule has 0 bridgehead atoms. The van der Waals surface area contributed by atoms with Crippen LogP contribution in [0.4, 0.5) is 0 Å². The maximum atomic E-state index is 12.1. The van der Waals surface area contributed by atoms with Crippen LogP contribution in [0.3, 0.4) is 0 Å². The van der Waals surface area contributed by atoms with E-state index in [1.807, 2.05) is 4.90 Å². The van der Waals surface area contributed by atoms with E-state index in [4.69, 9.17) is 5.73 Å². The van der Waals surface area contributed by atoms with Gasteiger partial charge in [-0.25, -0.2) is 0 Å². The average molecular weight is 256 g/mol. The average Bonchev–Trinajstić information content (AvgIpc) is 2.84. The third kappa shape index (κ3) is 4.58. The summed E-state index contributed by atoms with van der Waals surface area (Å²) in [5.74, 6) is 0.795. The summed E-state index contributed by atoms with van der Waals surface area (Å²) in [5, 5.41) is 9.22. The van der Waals surface area contributed by atoms with Gasteiger partial charge in [-0.1, -0.05) is 19.8 Å².